The minimum Gasteiger partial charge on any atom is -0.395 e. The van der Waals surface area contributed by atoms with Crippen molar-refractivity contribution in [3.05, 3.63) is 52.5 Å². The van der Waals surface area contributed by atoms with Crippen molar-refractivity contribution in [2.24, 2.45) is 0 Å². The Morgan fingerprint density at radius 3 is 2.75 bits per heavy atom. The van der Waals surface area contributed by atoms with Crippen molar-refractivity contribution in [1.82, 2.24) is 9.88 Å². The lowest BCUT2D eigenvalue weighted by molar-refractivity contribution is -0.383. The highest BCUT2D eigenvalue weighted by Crippen LogP contribution is 2.32. The van der Waals surface area contributed by atoms with E-state index in [2.05, 4.69) is 10.3 Å². The van der Waals surface area contributed by atoms with Gasteiger partial charge in [-0.25, -0.2) is 0 Å². The van der Waals surface area contributed by atoms with Gasteiger partial charge in [0.2, 0.25) is 0 Å². The molecular formula is C15H12N4O5. The largest absolute Gasteiger partial charge is 0.395 e. The van der Waals surface area contributed by atoms with Gasteiger partial charge in [-0.1, -0.05) is 0 Å². The van der Waals surface area contributed by atoms with E-state index < -0.39 is 16.7 Å². The first kappa shape index (κ1) is 15.6. The first-order valence-electron chi connectivity index (χ1n) is 6.99. The van der Waals surface area contributed by atoms with Crippen molar-refractivity contribution in [1.29, 1.82) is 0 Å². The van der Waals surface area contributed by atoms with Crippen molar-refractivity contribution in [2.75, 3.05) is 18.5 Å². The topological polar surface area (TPSA) is 126 Å². The van der Waals surface area contributed by atoms with Gasteiger partial charge < -0.3 is 10.4 Å². The summed E-state index contributed by atoms with van der Waals surface area (Å²) in [6, 6.07) is 4.28. The van der Waals surface area contributed by atoms with Crippen LogP contribution in [0.5, 0.6) is 0 Å². The highest BCUT2D eigenvalue weighted by atomic mass is 16.6. The summed E-state index contributed by atoms with van der Waals surface area (Å²) < 4.78 is 0. The average molecular weight is 328 g/mol. The molecule has 0 bridgehead atoms. The summed E-state index contributed by atoms with van der Waals surface area (Å²) in [6.07, 6.45) is 4.01. The number of nitro benzene ring substituents is 1. The number of hydrogen-bond donors (Lipinski definition) is 2. The molecule has 0 radical (unpaired) electrons. The van der Waals surface area contributed by atoms with Gasteiger partial charge in [-0.15, -0.1) is 0 Å². The minimum absolute atomic E-state index is 0.0347. The maximum absolute atomic E-state index is 12.2. The molecule has 0 fully saturated rings. The maximum atomic E-state index is 12.2. The number of carbonyl (C=O) groups excluding carboxylic acids is 2. The van der Waals surface area contributed by atoms with Crippen LogP contribution >= 0.6 is 0 Å². The van der Waals surface area contributed by atoms with Crippen LogP contribution in [0.4, 0.5) is 11.4 Å². The average Bonchev–Trinajstić information content (AvgIpc) is 2.83. The summed E-state index contributed by atoms with van der Waals surface area (Å²) in [7, 11) is 0. The van der Waals surface area contributed by atoms with E-state index >= 15 is 0 Å². The molecule has 3 rings (SSSR count). The number of pyridine rings is 1. The number of aliphatic hydroxyl groups excluding tert-OH is 1. The Balaban J connectivity index is 1.99. The number of benzene rings is 1. The Bertz CT molecular complexity index is 893. The molecule has 2 heterocycles. The van der Waals surface area contributed by atoms with Gasteiger partial charge in [0.25, 0.3) is 17.5 Å². The summed E-state index contributed by atoms with van der Waals surface area (Å²) in [5.41, 5.74) is 0.372. The van der Waals surface area contributed by atoms with Gasteiger partial charge in [-0.2, -0.15) is 0 Å². The van der Waals surface area contributed by atoms with Gasteiger partial charge in [-0.05, 0) is 12.1 Å². The van der Waals surface area contributed by atoms with Crippen LogP contribution in [0, 0.1) is 10.1 Å². The number of amides is 2. The van der Waals surface area contributed by atoms with Gasteiger partial charge in [0.1, 0.15) is 5.70 Å². The zero-order chi connectivity index (χ0) is 17.3. The molecule has 0 saturated heterocycles. The number of anilines is 1. The lowest BCUT2D eigenvalue weighted by atomic mass is 10.1. The summed E-state index contributed by atoms with van der Waals surface area (Å²) in [4.78, 5) is 39.4. The second-order valence-electron chi connectivity index (χ2n) is 5.01. The van der Waals surface area contributed by atoms with E-state index in [0.717, 1.165) is 11.0 Å². The molecule has 9 nitrogen and oxygen atoms in total. The van der Waals surface area contributed by atoms with Crippen LogP contribution in [0.2, 0.25) is 0 Å². The molecule has 0 aliphatic carbocycles. The van der Waals surface area contributed by atoms with Crippen LogP contribution < -0.4 is 5.32 Å². The second kappa shape index (κ2) is 6.05. The SMILES string of the molecule is O=C1C=C(Nc2ccc([N+](=O)[O-])c3ccncc23)C(=O)N1CCO. The van der Waals surface area contributed by atoms with Crippen LogP contribution in [0.15, 0.2) is 42.4 Å². The van der Waals surface area contributed by atoms with E-state index in [-0.39, 0.29) is 24.5 Å². The number of rotatable bonds is 5. The Kier molecular flexibility index (Phi) is 3.92. The predicted molar refractivity (Wildman–Crippen MR) is 83.9 cm³/mol. The van der Waals surface area contributed by atoms with Crippen molar-refractivity contribution < 1.29 is 19.6 Å². The third-order valence-corrected chi connectivity index (χ3v) is 3.59. The van der Waals surface area contributed by atoms with E-state index in [4.69, 9.17) is 5.11 Å². The van der Waals surface area contributed by atoms with Crippen molar-refractivity contribution in [3.63, 3.8) is 0 Å². The molecule has 1 aliphatic rings. The third kappa shape index (κ3) is 2.57. The Hall–Kier alpha value is -3.33. The van der Waals surface area contributed by atoms with Crippen molar-refractivity contribution in [3.8, 4) is 0 Å². The molecule has 9 heteroatoms. The van der Waals surface area contributed by atoms with Crippen LogP contribution in [0.1, 0.15) is 0 Å². The summed E-state index contributed by atoms with van der Waals surface area (Å²) in [5, 5.41) is 23.6. The third-order valence-electron chi connectivity index (χ3n) is 3.59. The number of fused-ring (bicyclic) bond motifs is 1. The molecular weight excluding hydrogens is 316 g/mol. The van der Waals surface area contributed by atoms with Gasteiger partial charge in [0.15, 0.2) is 0 Å². The maximum Gasteiger partial charge on any atom is 0.277 e. The minimum atomic E-state index is -0.565. The van der Waals surface area contributed by atoms with E-state index in [1.807, 2.05) is 0 Å². The highest BCUT2D eigenvalue weighted by molar-refractivity contribution is 6.18. The molecule has 0 atom stereocenters. The second-order valence-corrected chi connectivity index (χ2v) is 5.01. The van der Waals surface area contributed by atoms with Crippen LogP contribution in [0.3, 0.4) is 0 Å². The number of aliphatic hydroxyl groups is 1. The van der Waals surface area contributed by atoms with E-state index in [9.17, 15) is 19.7 Å². The number of non-ortho nitro benzene ring substituents is 1. The lowest BCUT2D eigenvalue weighted by Gasteiger charge is -2.14. The van der Waals surface area contributed by atoms with E-state index in [1.165, 1.54) is 30.6 Å². The number of β-amino-alcohol motifs (C(OH)–C–C–N with tert-alkyl or cyclic N) is 1. The molecule has 1 aromatic carbocycles. The Labute approximate surface area is 135 Å². The van der Waals surface area contributed by atoms with Crippen LogP contribution in [-0.4, -0.2) is 44.9 Å². The number of aromatic nitrogens is 1. The fourth-order valence-electron chi connectivity index (χ4n) is 2.50. The smallest absolute Gasteiger partial charge is 0.277 e. The number of imide groups is 1. The lowest BCUT2D eigenvalue weighted by Crippen LogP contribution is -2.34. The molecule has 1 aliphatic heterocycles. The first-order chi connectivity index (χ1) is 11.5. The number of nitrogens with zero attached hydrogens (tertiary/aromatic N) is 3. The zero-order valence-corrected chi connectivity index (χ0v) is 12.3. The first-order valence-corrected chi connectivity index (χ1v) is 6.99. The van der Waals surface area contributed by atoms with E-state index in [1.54, 1.807) is 0 Å². The molecule has 0 spiro atoms. The molecule has 2 amide bonds. The Morgan fingerprint density at radius 2 is 2.04 bits per heavy atom. The van der Waals surface area contributed by atoms with Gasteiger partial charge in [-0.3, -0.25) is 29.6 Å². The van der Waals surface area contributed by atoms with Crippen LogP contribution in [0.25, 0.3) is 10.8 Å². The molecule has 0 unspecified atom stereocenters. The predicted octanol–water partition coefficient (Wildman–Crippen LogP) is 0.800. The fourth-order valence-corrected chi connectivity index (χ4v) is 2.50. The molecule has 2 N–H and O–H groups in total. The van der Waals surface area contributed by atoms with Gasteiger partial charge in [0.05, 0.1) is 23.5 Å². The van der Waals surface area contributed by atoms with Crippen molar-refractivity contribution >= 4 is 34.0 Å². The standard InChI is InChI=1S/C15H12N4O5/c20-6-5-18-14(21)7-12(15(18)22)17-11-1-2-13(19(23)24)9-3-4-16-8-10(9)11/h1-4,7-8,17,20H,5-6H2. The van der Waals surface area contributed by atoms with E-state index in [0.29, 0.717) is 16.5 Å². The quantitative estimate of drug-likeness (QED) is 0.472. The molecule has 1 aromatic heterocycles. The number of nitro groups is 1. The molecule has 2 aromatic rings. The van der Waals surface area contributed by atoms with Crippen molar-refractivity contribution in [2.45, 2.75) is 0 Å². The van der Waals surface area contributed by atoms with Crippen LogP contribution in [-0.2, 0) is 9.59 Å². The monoisotopic (exact) mass is 328 g/mol. The van der Waals surface area contributed by atoms with Gasteiger partial charge in [0, 0.05) is 35.6 Å². The van der Waals surface area contributed by atoms with Gasteiger partial charge >= 0.3 is 0 Å². The number of hydrogen-bond acceptors (Lipinski definition) is 7. The molecule has 0 saturated carbocycles. The summed E-state index contributed by atoms with van der Waals surface area (Å²) in [5.74, 6) is -1.09. The fraction of sp³-hybridized carbons (Fsp3) is 0.133. The number of carbonyl (C=O) groups is 2. The summed E-state index contributed by atoms with van der Waals surface area (Å²) >= 11 is 0. The normalized spacial score (nSPS) is 14.2. The Morgan fingerprint density at radius 1 is 1.25 bits per heavy atom. The molecule has 24 heavy (non-hydrogen) atoms. The highest BCUT2D eigenvalue weighted by Gasteiger charge is 2.31. The molecule has 122 valence electrons. The summed E-state index contributed by atoms with van der Waals surface area (Å²) in [6.45, 7) is -0.426. The zero-order valence-electron chi connectivity index (χ0n) is 12.3. The number of nitrogens with one attached hydrogen (secondary N) is 1.